The molecule has 5 nitrogen and oxygen atoms in total. The zero-order valence-corrected chi connectivity index (χ0v) is 16.6. The Bertz CT molecular complexity index is 911. The van der Waals surface area contributed by atoms with E-state index in [1.807, 2.05) is 11.4 Å². The minimum absolute atomic E-state index is 0.0915. The summed E-state index contributed by atoms with van der Waals surface area (Å²) in [5.74, 6) is 1.29. The van der Waals surface area contributed by atoms with E-state index >= 15 is 0 Å². The summed E-state index contributed by atoms with van der Waals surface area (Å²) >= 11 is 3.40. The number of carbonyl (C=O) groups is 1. The molecule has 1 saturated heterocycles. The molecule has 1 fully saturated rings. The van der Waals surface area contributed by atoms with Gasteiger partial charge in [0.15, 0.2) is 0 Å². The van der Waals surface area contributed by atoms with Crippen LogP contribution in [0.4, 0.5) is 5.82 Å². The van der Waals surface area contributed by atoms with E-state index in [4.69, 9.17) is 0 Å². The van der Waals surface area contributed by atoms with Gasteiger partial charge in [-0.3, -0.25) is 4.79 Å². The van der Waals surface area contributed by atoms with E-state index in [0.29, 0.717) is 6.54 Å². The second kappa shape index (κ2) is 7.32. The molecular weight excluding hydrogens is 364 g/mol. The van der Waals surface area contributed by atoms with Gasteiger partial charge in [-0.2, -0.15) is 0 Å². The van der Waals surface area contributed by atoms with Crippen LogP contribution in [0.15, 0.2) is 23.8 Å². The van der Waals surface area contributed by atoms with Crippen LogP contribution in [0.5, 0.6) is 0 Å². The van der Waals surface area contributed by atoms with Gasteiger partial charge >= 0.3 is 0 Å². The Kier molecular flexibility index (Phi) is 4.91. The molecule has 0 saturated carbocycles. The Hall–Kier alpha value is -1.99. The molecule has 0 aromatic carbocycles. The summed E-state index contributed by atoms with van der Waals surface area (Å²) in [6.45, 7) is 6.63. The predicted octanol–water partition coefficient (Wildman–Crippen LogP) is 3.90. The number of piperidine rings is 1. The SMILES string of the molecule is Cc1sc2ncnc(N3CCC(C(=O)NCc4cccs4)CC3)c2c1C. The molecule has 0 bridgehead atoms. The third kappa shape index (κ3) is 3.33. The highest BCUT2D eigenvalue weighted by Gasteiger charge is 2.27. The number of aryl methyl sites for hydroxylation is 2. The first-order valence-corrected chi connectivity index (χ1v) is 10.6. The van der Waals surface area contributed by atoms with Gasteiger partial charge in [0.25, 0.3) is 0 Å². The van der Waals surface area contributed by atoms with Crippen molar-refractivity contribution in [3.8, 4) is 0 Å². The smallest absolute Gasteiger partial charge is 0.223 e. The molecule has 3 aromatic heterocycles. The first-order chi connectivity index (χ1) is 12.6. The largest absolute Gasteiger partial charge is 0.356 e. The Morgan fingerprint density at radius 1 is 1.31 bits per heavy atom. The molecule has 4 rings (SSSR count). The van der Waals surface area contributed by atoms with Gasteiger partial charge in [0.1, 0.15) is 17.0 Å². The third-order valence-electron chi connectivity index (χ3n) is 5.13. The maximum Gasteiger partial charge on any atom is 0.223 e. The lowest BCUT2D eigenvalue weighted by Crippen LogP contribution is -2.40. The Morgan fingerprint density at radius 2 is 2.12 bits per heavy atom. The quantitative estimate of drug-likeness (QED) is 0.739. The lowest BCUT2D eigenvalue weighted by atomic mass is 9.95. The molecule has 136 valence electrons. The van der Waals surface area contributed by atoms with Crippen LogP contribution in [0.1, 0.15) is 28.2 Å². The fourth-order valence-corrected chi connectivity index (χ4v) is 5.12. The zero-order chi connectivity index (χ0) is 18.1. The summed E-state index contributed by atoms with van der Waals surface area (Å²) in [6.07, 6.45) is 3.39. The van der Waals surface area contributed by atoms with E-state index in [2.05, 4.69) is 40.1 Å². The van der Waals surface area contributed by atoms with E-state index in [1.54, 1.807) is 29.0 Å². The summed E-state index contributed by atoms with van der Waals surface area (Å²) in [6, 6.07) is 4.07. The van der Waals surface area contributed by atoms with Crippen molar-refractivity contribution in [3.63, 3.8) is 0 Å². The number of rotatable bonds is 4. The van der Waals surface area contributed by atoms with Crippen LogP contribution in [0.3, 0.4) is 0 Å². The summed E-state index contributed by atoms with van der Waals surface area (Å²) in [7, 11) is 0. The molecule has 0 spiro atoms. The van der Waals surface area contributed by atoms with E-state index in [0.717, 1.165) is 36.6 Å². The third-order valence-corrected chi connectivity index (χ3v) is 7.12. The molecule has 1 amide bonds. The van der Waals surface area contributed by atoms with Crippen molar-refractivity contribution in [2.45, 2.75) is 33.2 Å². The van der Waals surface area contributed by atoms with Crippen molar-refractivity contribution < 1.29 is 4.79 Å². The van der Waals surface area contributed by atoms with Crippen molar-refractivity contribution >= 4 is 44.6 Å². The summed E-state index contributed by atoms with van der Waals surface area (Å²) in [5, 5.41) is 6.30. The molecule has 1 aliphatic heterocycles. The van der Waals surface area contributed by atoms with Crippen LogP contribution >= 0.6 is 22.7 Å². The summed E-state index contributed by atoms with van der Waals surface area (Å²) < 4.78 is 0. The second-order valence-corrected chi connectivity index (χ2v) is 8.95. The number of nitrogens with zero attached hydrogens (tertiary/aromatic N) is 3. The lowest BCUT2D eigenvalue weighted by molar-refractivity contribution is -0.125. The number of hydrogen-bond donors (Lipinski definition) is 1. The maximum atomic E-state index is 12.5. The number of hydrogen-bond acceptors (Lipinski definition) is 6. The molecule has 1 aliphatic rings. The van der Waals surface area contributed by atoms with Gasteiger partial charge in [0.2, 0.25) is 5.91 Å². The van der Waals surface area contributed by atoms with Crippen molar-refractivity contribution in [1.82, 2.24) is 15.3 Å². The van der Waals surface area contributed by atoms with Crippen LogP contribution in [0.2, 0.25) is 0 Å². The highest BCUT2D eigenvalue weighted by molar-refractivity contribution is 7.18. The van der Waals surface area contributed by atoms with Crippen LogP contribution in [-0.4, -0.2) is 29.0 Å². The van der Waals surface area contributed by atoms with E-state index < -0.39 is 0 Å². The molecule has 0 unspecified atom stereocenters. The van der Waals surface area contributed by atoms with Crippen LogP contribution in [0.25, 0.3) is 10.2 Å². The van der Waals surface area contributed by atoms with Crippen molar-refractivity contribution in [2.24, 2.45) is 5.92 Å². The Morgan fingerprint density at radius 3 is 2.85 bits per heavy atom. The number of nitrogens with one attached hydrogen (secondary N) is 1. The zero-order valence-electron chi connectivity index (χ0n) is 15.0. The molecule has 0 atom stereocenters. The van der Waals surface area contributed by atoms with Crippen LogP contribution < -0.4 is 10.2 Å². The number of carbonyl (C=O) groups excluding carboxylic acids is 1. The number of thiophene rings is 2. The molecule has 3 aromatic rings. The summed E-state index contributed by atoms with van der Waals surface area (Å²) in [4.78, 5) is 27.3. The fourth-order valence-electron chi connectivity index (χ4n) is 3.49. The monoisotopic (exact) mass is 386 g/mol. The van der Waals surface area contributed by atoms with Gasteiger partial charge in [-0.05, 0) is 43.7 Å². The first-order valence-electron chi connectivity index (χ1n) is 8.89. The second-order valence-electron chi connectivity index (χ2n) is 6.72. The Balaban J connectivity index is 1.41. The molecule has 1 N–H and O–H groups in total. The molecule has 26 heavy (non-hydrogen) atoms. The average Bonchev–Trinajstić information content (AvgIpc) is 3.28. The van der Waals surface area contributed by atoms with Gasteiger partial charge in [-0.1, -0.05) is 6.07 Å². The minimum atomic E-state index is 0.0915. The number of anilines is 1. The fraction of sp³-hybridized carbons (Fsp3) is 0.421. The van der Waals surface area contributed by atoms with Gasteiger partial charge in [-0.25, -0.2) is 9.97 Å². The highest BCUT2D eigenvalue weighted by Crippen LogP contribution is 2.35. The maximum absolute atomic E-state index is 12.5. The van der Waals surface area contributed by atoms with E-state index in [9.17, 15) is 4.79 Å². The summed E-state index contributed by atoms with van der Waals surface area (Å²) in [5.41, 5.74) is 1.27. The van der Waals surface area contributed by atoms with Gasteiger partial charge in [0.05, 0.1) is 11.9 Å². The molecule has 7 heteroatoms. The molecule has 4 heterocycles. The topological polar surface area (TPSA) is 58.1 Å². The molecule has 0 radical (unpaired) electrons. The number of fused-ring (bicyclic) bond motifs is 1. The van der Waals surface area contributed by atoms with E-state index in [-0.39, 0.29) is 11.8 Å². The van der Waals surface area contributed by atoms with Gasteiger partial charge < -0.3 is 10.2 Å². The van der Waals surface area contributed by atoms with Gasteiger partial charge in [-0.15, -0.1) is 22.7 Å². The van der Waals surface area contributed by atoms with Crippen molar-refractivity contribution in [2.75, 3.05) is 18.0 Å². The Labute approximate surface area is 161 Å². The van der Waals surface area contributed by atoms with E-state index in [1.165, 1.54) is 20.7 Å². The molecule has 0 aliphatic carbocycles. The van der Waals surface area contributed by atoms with Crippen LogP contribution in [-0.2, 0) is 11.3 Å². The normalized spacial score (nSPS) is 15.5. The van der Waals surface area contributed by atoms with Gasteiger partial charge in [0, 0.05) is 28.8 Å². The van der Waals surface area contributed by atoms with Crippen molar-refractivity contribution in [1.29, 1.82) is 0 Å². The highest BCUT2D eigenvalue weighted by atomic mass is 32.1. The lowest BCUT2D eigenvalue weighted by Gasteiger charge is -2.32. The first kappa shape index (κ1) is 17.4. The van der Waals surface area contributed by atoms with Crippen molar-refractivity contribution in [3.05, 3.63) is 39.2 Å². The average molecular weight is 387 g/mol. The standard InChI is InChI=1S/C19H22N4OS2/c1-12-13(2)26-19-16(12)17(21-11-22-19)23-7-5-14(6-8-23)18(24)20-10-15-4-3-9-25-15/h3-4,9,11,14H,5-8,10H2,1-2H3,(H,20,24). The predicted molar refractivity (Wildman–Crippen MR) is 108 cm³/mol. The molecular formula is C19H22N4OS2. The number of aromatic nitrogens is 2. The van der Waals surface area contributed by atoms with Crippen LogP contribution in [0, 0.1) is 19.8 Å². The number of amides is 1. The minimum Gasteiger partial charge on any atom is -0.356 e.